The number of halogens is 2. The molecule has 0 saturated carbocycles. The highest BCUT2D eigenvalue weighted by molar-refractivity contribution is 5.18. The van der Waals surface area contributed by atoms with Gasteiger partial charge in [-0.3, -0.25) is 0 Å². The first-order valence-electron chi connectivity index (χ1n) is 3.95. The molecule has 0 aromatic carbocycles. The fourth-order valence-electron chi connectivity index (χ4n) is 0.706. The van der Waals surface area contributed by atoms with Gasteiger partial charge >= 0.3 is 6.01 Å². The largest absolute Gasteiger partial charge is 0.332 e. The average Bonchev–Trinajstić information content (AvgIpc) is 2.48. The molecule has 1 rings (SSSR count). The highest BCUT2D eigenvalue weighted by atomic mass is 19.3. The average molecular weight is 191 g/mol. The topological polar surface area (TPSA) is 51.0 Å². The lowest BCUT2D eigenvalue weighted by Gasteiger charge is -1.97. The molecule has 0 bridgehead atoms. The zero-order valence-electron chi connectivity index (χ0n) is 7.42. The molecular weight excluding hydrogens is 180 g/mol. The van der Waals surface area contributed by atoms with Crippen molar-refractivity contribution in [3.05, 3.63) is 5.82 Å². The molecule has 4 nitrogen and oxygen atoms in total. The Bertz CT molecular complexity index is 262. The molecule has 6 heteroatoms. The van der Waals surface area contributed by atoms with Gasteiger partial charge < -0.3 is 9.84 Å². The number of alkyl halides is 2. The summed E-state index contributed by atoms with van der Waals surface area (Å²) >= 11 is 0. The van der Waals surface area contributed by atoms with Crippen LogP contribution in [0.25, 0.3) is 0 Å². The minimum atomic E-state index is -2.42. The first kappa shape index (κ1) is 9.88. The van der Waals surface area contributed by atoms with Crippen molar-refractivity contribution in [3.8, 4) is 0 Å². The Labute approximate surface area is 74.3 Å². The van der Waals surface area contributed by atoms with Gasteiger partial charge in [0.05, 0.1) is 6.54 Å². The molecule has 1 N–H and O–H groups in total. The summed E-state index contributed by atoms with van der Waals surface area (Å²) in [5, 5.41) is 5.93. The second-order valence-electron chi connectivity index (χ2n) is 2.88. The minimum Gasteiger partial charge on any atom is -0.332 e. The molecule has 0 saturated heterocycles. The molecule has 13 heavy (non-hydrogen) atoms. The molecule has 1 heterocycles. The maximum absolute atomic E-state index is 11.7. The van der Waals surface area contributed by atoms with Crippen LogP contribution in [0.3, 0.4) is 0 Å². The lowest BCUT2D eigenvalue weighted by molar-refractivity contribution is 0.162. The van der Waals surface area contributed by atoms with Gasteiger partial charge in [-0.2, -0.15) is 4.98 Å². The summed E-state index contributed by atoms with van der Waals surface area (Å²) in [6.07, 6.45) is -2.42. The van der Waals surface area contributed by atoms with Crippen molar-refractivity contribution in [2.24, 2.45) is 0 Å². The minimum absolute atomic E-state index is 0.0454. The van der Waals surface area contributed by atoms with Crippen LogP contribution in [0.2, 0.25) is 0 Å². The Kier molecular flexibility index (Phi) is 3.16. The van der Waals surface area contributed by atoms with E-state index in [4.69, 9.17) is 0 Å². The van der Waals surface area contributed by atoms with Gasteiger partial charge in [-0.25, -0.2) is 8.78 Å². The molecule has 1 aromatic heterocycles. The molecule has 0 fully saturated rings. The maximum atomic E-state index is 11.7. The zero-order valence-corrected chi connectivity index (χ0v) is 7.42. The Balaban J connectivity index is 2.49. The highest BCUT2D eigenvalue weighted by Gasteiger charge is 2.10. The number of rotatable bonds is 4. The lowest BCUT2D eigenvalue weighted by Crippen LogP contribution is -2.10. The quantitative estimate of drug-likeness (QED) is 0.789. The maximum Gasteiger partial charge on any atom is 0.321 e. The summed E-state index contributed by atoms with van der Waals surface area (Å²) in [6.45, 7) is 3.31. The summed E-state index contributed by atoms with van der Waals surface area (Å²) in [5.74, 6) is 0.641. The zero-order chi connectivity index (χ0) is 9.84. The number of nitrogens with one attached hydrogen (secondary N) is 1. The predicted octanol–water partition coefficient (Wildman–Crippen LogP) is 1.87. The Hall–Kier alpha value is -1.20. The van der Waals surface area contributed by atoms with Gasteiger partial charge in [-0.15, -0.1) is 0 Å². The number of aromatic nitrogens is 2. The van der Waals surface area contributed by atoms with E-state index in [-0.39, 0.29) is 11.9 Å². The van der Waals surface area contributed by atoms with Gasteiger partial charge in [0.25, 0.3) is 6.43 Å². The summed E-state index contributed by atoms with van der Waals surface area (Å²) in [7, 11) is 0. The van der Waals surface area contributed by atoms with Gasteiger partial charge in [-0.1, -0.05) is 19.0 Å². The van der Waals surface area contributed by atoms with Crippen molar-refractivity contribution in [3.63, 3.8) is 0 Å². The van der Waals surface area contributed by atoms with E-state index in [9.17, 15) is 8.78 Å². The second-order valence-corrected chi connectivity index (χ2v) is 2.88. The number of hydrogen-bond acceptors (Lipinski definition) is 4. The first-order chi connectivity index (χ1) is 6.09. The van der Waals surface area contributed by atoms with E-state index in [1.54, 1.807) is 0 Å². The Morgan fingerprint density at radius 2 is 2.15 bits per heavy atom. The number of anilines is 1. The van der Waals surface area contributed by atoms with Crippen molar-refractivity contribution in [2.45, 2.75) is 26.2 Å². The van der Waals surface area contributed by atoms with Crippen LogP contribution < -0.4 is 5.32 Å². The van der Waals surface area contributed by atoms with Crippen molar-refractivity contribution < 1.29 is 13.3 Å². The molecule has 1 aromatic rings. The van der Waals surface area contributed by atoms with Crippen LogP contribution in [-0.4, -0.2) is 23.1 Å². The van der Waals surface area contributed by atoms with Crippen LogP contribution in [0.5, 0.6) is 0 Å². The van der Waals surface area contributed by atoms with Gasteiger partial charge in [0, 0.05) is 5.92 Å². The number of nitrogens with zero attached hydrogens (tertiary/aromatic N) is 2. The Morgan fingerprint density at radius 3 is 2.62 bits per heavy atom. The van der Waals surface area contributed by atoms with Crippen LogP contribution in [0.1, 0.15) is 25.6 Å². The van der Waals surface area contributed by atoms with Crippen LogP contribution in [0.4, 0.5) is 14.8 Å². The summed E-state index contributed by atoms with van der Waals surface area (Å²) in [4.78, 5) is 3.86. The molecule has 0 aliphatic heterocycles. The van der Waals surface area contributed by atoms with E-state index >= 15 is 0 Å². The van der Waals surface area contributed by atoms with Gasteiger partial charge in [0.15, 0.2) is 5.82 Å². The molecule has 74 valence electrons. The van der Waals surface area contributed by atoms with E-state index in [1.165, 1.54) is 0 Å². The van der Waals surface area contributed by atoms with Crippen LogP contribution >= 0.6 is 0 Å². The highest BCUT2D eigenvalue weighted by Crippen LogP contribution is 2.12. The van der Waals surface area contributed by atoms with E-state index in [0.717, 1.165) is 0 Å². The molecule has 0 aliphatic carbocycles. The normalized spacial score (nSPS) is 11.2. The standard InChI is InChI=1S/C7H11F2N3O/c1-4(2)6-11-7(13-12-6)10-3-5(8)9/h4-5H,3H2,1-2H3,(H,10,11,12). The third kappa shape index (κ3) is 2.96. The summed E-state index contributed by atoms with van der Waals surface area (Å²) < 4.78 is 28.1. The smallest absolute Gasteiger partial charge is 0.321 e. The molecule has 0 spiro atoms. The van der Waals surface area contributed by atoms with Crippen molar-refractivity contribution in [1.82, 2.24) is 10.1 Å². The predicted molar refractivity (Wildman–Crippen MR) is 42.9 cm³/mol. The van der Waals surface area contributed by atoms with Crippen molar-refractivity contribution in [2.75, 3.05) is 11.9 Å². The monoisotopic (exact) mass is 191 g/mol. The molecule has 0 amide bonds. The summed E-state index contributed by atoms with van der Waals surface area (Å²) in [5.41, 5.74) is 0. The van der Waals surface area contributed by atoms with E-state index in [1.807, 2.05) is 13.8 Å². The van der Waals surface area contributed by atoms with E-state index < -0.39 is 13.0 Å². The van der Waals surface area contributed by atoms with E-state index in [2.05, 4.69) is 20.0 Å². The fourth-order valence-corrected chi connectivity index (χ4v) is 0.706. The molecule has 0 atom stereocenters. The molecule has 0 aliphatic rings. The van der Waals surface area contributed by atoms with Crippen LogP contribution in [-0.2, 0) is 0 Å². The SMILES string of the molecule is CC(C)c1noc(NCC(F)F)n1. The third-order valence-electron chi connectivity index (χ3n) is 1.37. The van der Waals surface area contributed by atoms with Crippen LogP contribution in [0, 0.1) is 0 Å². The summed E-state index contributed by atoms with van der Waals surface area (Å²) in [6, 6.07) is 0.0454. The van der Waals surface area contributed by atoms with Crippen molar-refractivity contribution in [1.29, 1.82) is 0 Å². The fraction of sp³-hybridized carbons (Fsp3) is 0.714. The second kappa shape index (κ2) is 4.15. The van der Waals surface area contributed by atoms with Crippen LogP contribution in [0.15, 0.2) is 4.52 Å². The van der Waals surface area contributed by atoms with Gasteiger partial charge in [-0.05, 0) is 0 Å². The molecule has 0 radical (unpaired) electrons. The first-order valence-corrected chi connectivity index (χ1v) is 3.95. The molecular formula is C7H11F2N3O. The van der Waals surface area contributed by atoms with Gasteiger partial charge in [0.1, 0.15) is 0 Å². The number of hydrogen-bond donors (Lipinski definition) is 1. The third-order valence-corrected chi connectivity index (χ3v) is 1.37. The van der Waals surface area contributed by atoms with Crippen molar-refractivity contribution >= 4 is 6.01 Å². The molecule has 0 unspecified atom stereocenters. The van der Waals surface area contributed by atoms with Gasteiger partial charge in [0.2, 0.25) is 0 Å². The van der Waals surface area contributed by atoms with E-state index in [0.29, 0.717) is 5.82 Å². The Morgan fingerprint density at radius 1 is 1.46 bits per heavy atom. The lowest BCUT2D eigenvalue weighted by atomic mass is 10.2.